The van der Waals surface area contributed by atoms with Crippen LogP contribution in [0.1, 0.15) is 37.7 Å². The molecular formula is C17H26ClN3O3S. The first-order valence-corrected chi connectivity index (χ1v) is 10.1. The molecule has 2 fully saturated rings. The molecule has 0 radical (unpaired) electrons. The second kappa shape index (κ2) is 8.49. The molecule has 140 valence electrons. The maximum Gasteiger partial charge on any atom is 0.240 e. The van der Waals surface area contributed by atoms with Crippen LogP contribution in [-0.2, 0) is 21.2 Å². The standard InChI is InChI=1S/C17H25N3O3S.ClH/c18-11-16(13-4-5-13)19-17(21)10-3-12-1-8-15(9-2-12)24(22,23)20-14-6-7-14;/h1-2,8-9,13-14,16,20H,3-7,10-11,18H2,(H,19,21);1H. The molecule has 2 aliphatic rings. The summed E-state index contributed by atoms with van der Waals surface area (Å²) < 4.78 is 26.9. The first-order chi connectivity index (χ1) is 11.5. The fourth-order valence-electron chi connectivity index (χ4n) is 2.73. The van der Waals surface area contributed by atoms with Crippen LogP contribution in [0.5, 0.6) is 0 Å². The number of hydrogen-bond acceptors (Lipinski definition) is 4. The molecule has 0 heterocycles. The maximum atomic E-state index is 12.1. The number of aryl methyl sites for hydroxylation is 1. The van der Waals surface area contributed by atoms with E-state index in [2.05, 4.69) is 10.0 Å². The largest absolute Gasteiger partial charge is 0.352 e. The summed E-state index contributed by atoms with van der Waals surface area (Å²) in [4.78, 5) is 12.3. The highest BCUT2D eigenvalue weighted by molar-refractivity contribution is 7.89. The molecule has 0 saturated heterocycles. The number of amides is 1. The number of sulfonamides is 1. The van der Waals surface area contributed by atoms with E-state index in [1.807, 2.05) is 0 Å². The van der Waals surface area contributed by atoms with E-state index < -0.39 is 10.0 Å². The van der Waals surface area contributed by atoms with Crippen LogP contribution in [0.3, 0.4) is 0 Å². The summed E-state index contributed by atoms with van der Waals surface area (Å²) >= 11 is 0. The first kappa shape index (κ1) is 20.2. The topological polar surface area (TPSA) is 101 Å². The monoisotopic (exact) mass is 387 g/mol. The van der Waals surface area contributed by atoms with Gasteiger partial charge in [0.15, 0.2) is 0 Å². The Labute approximate surface area is 155 Å². The van der Waals surface area contributed by atoms with Gasteiger partial charge in [-0.05, 0) is 55.7 Å². The maximum absolute atomic E-state index is 12.1. The second-order valence-electron chi connectivity index (χ2n) is 6.79. The molecule has 0 spiro atoms. The summed E-state index contributed by atoms with van der Waals surface area (Å²) in [5.74, 6) is 0.548. The lowest BCUT2D eigenvalue weighted by molar-refractivity contribution is -0.121. The number of rotatable bonds is 9. The third-order valence-electron chi connectivity index (χ3n) is 4.56. The fourth-order valence-corrected chi connectivity index (χ4v) is 4.03. The number of carbonyl (C=O) groups is 1. The quantitative estimate of drug-likeness (QED) is 0.595. The minimum atomic E-state index is -3.41. The van der Waals surface area contributed by atoms with E-state index in [0.717, 1.165) is 31.2 Å². The molecule has 6 nitrogen and oxygen atoms in total. The number of nitrogens with two attached hydrogens (primary N) is 1. The molecule has 1 atom stereocenters. The van der Waals surface area contributed by atoms with Gasteiger partial charge < -0.3 is 11.1 Å². The third-order valence-corrected chi connectivity index (χ3v) is 6.10. The van der Waals surface area contributed by atoms with Crippen LogP contribution in [-0.4, -0.2) is 33.0 Å². The van der Waals surface area contributed by atoms with E-state index >= 15 is 0 Å². The van der Waals surface area contributed by atoms with Crippen molar-refractivity contribution in [2.75, 3.05) is 6.54 Å². The summed E-state index contributed by atoms with van der Waals surface area (Å²) in [7, 11) is -3.41. The molecule has 1 aromatic rings. The Morgan fingerprint density at radius 1 is 1.16 bits per heavy atom. The molecule has 0 aromatic heterocycles. The minimum Gasteiger partial charge on any atom is -0.352 e. The third kappa shape index (κ3) is 5.95. The number of halogens is 1. The van der Waals surface area contributed by atoms with E-state index in [9.17, 15) is 13.2 Å². The Morgan fingerprint density at radius 2 is 1.80 bits per heavy atom. The van der Waals surface area contributed by atoms with Crippen molar-refractivity contribution in [3.05, 3.63) is 29.8 Å². The zero-order valence-corrected chi connectivity index (χ0v) is 15.7. The Balaban J connectivity index is 0.00000225. The van der Waals surface area contributed by atoms with Crippen LogP contribution in [0.15, 0.2) is 29.2 Å². The number of hydrogen-bond donors (Lipinski definition) is 3. The number of benzene rings is 1. The average Bonchev–Trinajstić information content (AvgIpc) is 3.45. The van der Waals surface area contributed by atoms with Gasteiger partial charge in [0.05, 0.1) is 4.90 Å². The summed E-state index contributed by atoms with van der Waals surface area (Å²) in [5, 5.41) is 2.99. The normalized spacial score (nSPS) is 18.3. The van der Waals surface area contributed by atoms with E-state index in [4.69, 9.17) is 5.73 Å². The molecular weight excluding hydrogens is 362 g/mol. The van der Waals surface area contributed by atoms with E-state index in [0.29, 0.717) is 25.3 Å². The van der Waals surface area contributed by atoms with Crippen LogP contribution in [0.4, 0.5) is 0 Å². The number of carbonyl (C=O) groups excluding carboxylic acids is 1. The second-order valence-corrected chi connectivity index (χ2v) is 8.50. The lowest BCUT2D eigenvalue weighted by Crippen LogP contribution is -2.41. The van der Waals surface area contributed by atoms with Crippen LogP contribution in [0.2, 0.25) is 0 Å². The van der Waals surface area contributed by atoms with Gasteiger partial charge in [0.1, 0.15) is 0 Å². The lowest BCUT2D eigenvalue weighted by atomic mass is 10.1. The Kier molecular flexibility index (Phi) is 6.85. The number of nitrogens with one attached hydrogen (secondary N) is 2. The van der Waals surface area contributed by atoms with Gasteiger partial charge in [0.25, 0.3) is 0 Å². The summed E-state index contributed by atoms with van der Waals surface area (Å²) in [6.45, 7) is 0.483. The molecule has 0 aliphatic heterocycles. The summed E-state index contributed by atoms with van der Waals surface area (Å²) in [5.41, 5.74) is 6.64. The molecule has 4 N–H and O–H groups in total. The molecule has 2 saturated carbocycles. The lowest BCUT2D eigenvalue weighted by Gasteiger charge is -2.15. The zero-order valence-electron chi connectivity index (χ0n) is 14.1. The molecule has 0 bridgehead atoms. The van der Waals surface area contributed by atoms with Crippen molar-refractivity contribution in [2.24, 2.45) is 11.7 Å². The van der Waals surface area contributed by atoms with Gasteiger partial charge in [-0.1, -0.05) is 12.1 Å². The average molecular weight is 388 g/mol. The Morgan fingerprint density at radius 3 is 2.32 bits per heavy atom. The van der Waals surface area contributed by atoms with E-state index in [1.165, 1.54) is 0 Å². The van der Waals surface area contributed by atoms with Crippen LogP contribution in [0.25, 0.3) is 0 Å². The predicted octanol–water partition coefficient (Wildman–Crippen LogP) is 1.34. The molecule has 1 aromatic carbocycles. The summed E-state index contributed by atoms with van der Waals surface area (Å²) in [6.07, 6.45) is 5.09. The molecule has 25 heavy (non-hydrogen) atoms. The van der Waals surface area contributed by atoms with Crippen molar-refractivity contribution in [3.8, 4) is 0 Å². The van der Waals surface area contributed by atoms with Crippen molar-refractivity contribution in [1.82, 2.24) is 10.0 Å². The van der Waals surface area contributed by atoms with Crippen molar-refractivity contribution < 1.29 is 13.2 Å². The van der Waals surface area contributed by atoms with Gasteiger partial charge in [0, 0.05) is 25.0 Å². The van der Waals surface area contributed by atoms with E-state index in [1.54, 1.807) is 24.3 Å². The predicted molar refractivity (Wildman–Crippen MR) is 99.1 cm³/mol. The highest BCUT2D eigenvalue weighted by Gasteiger charge is 2.31. The van der Waals surface area contributed by atoms with Crippen molar-refractivity contribution >= 4 is 28.3 Å². The SMILES string of the molecule is Cl.NCC(NC(=O)CCc1ccc(S(=O)(=O)NC2CC2)cc1)C1CC1. The van der Waals surface area contributed by atoms with Gasteiger partial charge in [-0.25, -0.2) is 13.1 Å². The highest BCUT2D eigenvalue weighted by atomic mass is 35.5. The van der Waals surface area contributed by atoms with Crippen LogP contribution < -0.4 is 15.8 Å². The zero-order chi connectivity index (χ0) is 17.2. The smallest absolute Gasteiger partial charge is 0.240 e. The molecule has 1 unspecified atom stereocenters. The molecule has 2 aliphatic carbocycles. The Bertz CT molecular complexity index is 686. The van der Waals surface area contributed by atoms with Crippen LogP contribution in [0, 0.1) is 5.92 Å². The molecule has 1 amide bonds. The van der Waals surface area contributed by atoms with Crippen molar-refractivity contribution in [2.45, 2.75) is 55.5 Å². The van der Waals surface area contributed by atoms with Gasteiger partial charge in [-0.3, -0.25) is 4.79 Å². The molecule has 8 heteroatoms. The van der Waals surface area contributed by atoms with Gasteiger partial charge >= 0.3 is 0 Å². The van der Waals surface area contributed by atoms with Crippen LogP contribution >= 0.6 is 12.4 Å². The molecule has 3 rings (SSSR count). The summed E-state index contributed by atoms with van der Waals surface area (Å²) in [6, 6.07) is 6.95. The van der Waals surface area contributed by atoms with Gasteiger partial charge in [0.2, 0.25) is 15.9 Å². The first-order valence-electron chi connectivity index (χ1n) is 8.58. The highest BCUT2D eigenvalue weighted by Crippen LogP contribution is 2.32. The van der Waals surface area contributed by atoms with Crippen molar-refractivity contribution in [3.63, 3.8) is 0 Å². The van der Waals surface area contributed by atoms with E-state index in [-0.39, 0.29) is 35.3 Å². The fraction of sp³-hybridized carbons (Fsp3) is 0.588. The van der Waals surface area contributed by atoms with Gasteiger partial charge in [-0.2, -0.15) is 0 Å². The Hall–Kier alpha value is -1.15. The minimum absolute atomic E-state index is 0. The van der Waals surface area contributed by atoms with Crippen molar-refractivity contribution in [1.29, 1.82) is 0 Å². The van der Waals surface area contributed by atoms with Gasteiger partial charge in [-0.15, -0.1) is 12.4 Å².